The number of aliphatic hydroxyl groups is 1. The molecule has 1 aromatic rings. The first kappa shape index (κ1) is 24.6. The Labute approximate surface area is 180 Å². The van der Waals surface area contributed by atoms with Crippen LogP contribution in [0.2, 0.25) is 0 Å². The molecule has 0 radical (unpaired) electrons. The van der Waals surface area contributed by atoms with Gasteiger partial charge in [-0.2, -0.15) is 26.3 Å². The van der Waals surface area contributed by atoms with Crippen molar-refractivity contribution >= 4 is 11.6 Å². The van der Waals surface area contributed by atoms with Crippen LogP contribution in [0.5, 0.6) is 5.88 Å². The minimum atomic E-state index is -4.53. The fraction of sp³-hybridized carbons (Fsp3) is 0.700. The van der Waals surface area contributed by atoms with E-state index in [0.717, 1.165) is 6.92 Å². The van der Waals surface area contributed by atoms with Crippen LogP contribution in [0.25, 0.3) is 0 Å². The maximum absolute atomic E-state index is 13.1. The molecule has 2 fully saturated rings. The van der Waals surface area contributed by atoms with Gasteiger partial charge in [-0.05, 0) is 45.1 Å². The number of nitrogens with zero attached hydrogens (tertiary/aromatic N) is 2. The molecule has 0 aromatic carbocycles. The number of carbonyl (C=O) groups excluding carboxylic acids is 1. The van der Waals surface area contributed by atoms with Crippen LogP contribution in [-0.2, 0) is 9.53 Å². The Morgan fingerprint density at radius 1 is 1.12 bits per heavy atom. The van der Waals surface area contributed by atoms with Crippen LogP contribution < -0.4 is 9.64 Å². The lowest BCUT2D eigenvalue weighted by molar-refractivity contribution is -0.191. The van der Waals surface area contributed by atoms with Crippen molar-refractivity contribution in [1.29, 1.82) is 0 Å². The van der Waals surface area contributed by atoms with E-state index < -0.39 is 42.7 Å². The van der Waals surface area contributed by atoms with E-state index in [0.29, 0.717) is 31.5 Å². The van der Waals surface area contributed by atoms with Gasteiger partial charge in [-0.3, -0.25) is 4.79 Å². The molecule has 1 spiro atoms. The Hall–Kier alpha value is -2.08. The molecule has 1 saturated heterocycles. The van der Waals surface area contributed by atoms with Crippen molar-refractivity contribution < 1.29 is 45.7 Å². The summed E-state index contributed by atoms with van der Waals surface area (Å²) < 4.78 is 83.9. The van der Waals surface area contributed by atoms with Gasteiger partial charge in [0.2, 0.25) is 11.8 Å². The summed E-state index contributed by atoms with van der Waals surface area (Å²) in [5.41, 5.74) is -1.75. The lowest BCUT2D eigenvalue weighted by Gasteiger charge is -2.40. The normalized spacial score (nSPS) is 27.8. The second-order valence-corrected chi connectivity index (χ2v) is 8.48. The molecule has 6 nitrogen and oxygen atoms in total. The highest BCUT2D eigenvalue weighted by atomic mass is 19.4. The van der Waals surface area contributed by atoms with E-state index in [1.54, 1.807) is 0 Å². The molecule has 3 rings (SSSR count). The van der Waals surface area contributed by atoms with Crippen molar-refractivity contribution in [1.82, 2.24) is 4.98 Å². The molecule has 1 amide bonds. The summed E-state index contributed by atoms with van der Waals surface area (Å²) in [6.45, 7) is -0.672. The molecule has 2 aliphatic rings. The summed E-state index contributed by atoms with van der Waals surface area (Å²) in [5, 5.41) is 10.5. The molecule has 0 unspecified atom stereocenters. The minimum Gasteiger partial charge on any atom is -0.465 e. The summed E-state index contributed by atoms with van der Waals surface area (Å²) in [4.78, 5) is 18.4. The Kier molecular flexibility index (Phi) is 6.67. The first-order chi connectivity index (χ1) is 14.7. The summed E-state index contributed by atoms with van der Waals surface area (Å²) in [7, 11) is 0. The van der Waals surface area contributed by atoms with Crippen LogP contribution in [0.15, 0.2) is 18.3 Å². The zero-order chi connectivity index (χ0) is 23.8. The van der Waals surface area contributed by atoms with Gasteiger partial charge in [0.25, 0.3) is 0 Å². The number of rotatable bonds is 6. The smallest absolute Gasteiger partial charge is 0.425 e. The molecule has 1 aliphatic heterocycles. The number of hydrogen-bond acceptors (Lipinski definition) is 5. The standard InChI is InChI=1S/C20H24F6N2O4/c1-13(20(24,25)26)32-15-3-2-14(10-27-15)28-9-8-17(16(28)29)4-6-18(30,7-5-17)11-31-12-19(21,22)23/h2-3,10,13,30H,4-9,11-12H2,1H3/t13-,17-,18+/m1/s1. The first-order valence-corrected chi connectivity index (χ1v) is 10.1. The van der Waals surface area contributed by atoms with Crippen molar-refractivity contribution in [3.8, 4) is 5.88 Å². The summed E-state index contributed by atoms with van der Waals surface area (Å²) in [6.07, 6.45) is -8.42. The minimum absolute atomic E-state index is 0.130. The highest BCUT2D eigenvalue weighted by Gasteiger charge is 2.52. The second kappa shape index (κ2) is 8.69. The number of alkyl halides is 6. The summed E-state index contributed by atoms with van der Waals surface area (Å²) in [5.74, 6) is -0.420. The number of pyridine rings is 1. The van der Waals surface area contributed by atoms with E-state index in [1.807, 2.05) is 0 Å². The Morgan fingerprint density at radius 2 is 1.78 bits per heavy atom. The van der Waals surface area contributed by atoms with Crippen molar-refractivity contribution in [3.63, 3.8) is 0 Å². The third-order valence-corrected chi connectivity index (χ3v) is 6.08. The molecule has 32 heavy (non-hydrogen) atoms. The topological polar surface area (TPSA) is 71.9 Å². The first-order valence-electron chi connectivity index (χ1n) is 10.1. The molecule has 1 atom stereocenters. The van der Waals surface area contributed by atoms with Gasteiger partial charge in [-0.15, -0.1) is 0 Å². The maximum Gasteiger partial charge on any atom is 0.425 e. The van der Waals surface area contributed by atoms with E-state index in [1.165, 1.54) is 23.2 Å². The largest absolute Gasteiger partial charge is 0.465 e. The highest BCUT2D eigenvalue weighted by Crippen LogP contribution is 2.48. The number of halogens is 6. The fourth-order valence-corrected chi connectivity index (χ4v) is 4.08. The fourth-order valence-electron chi connectivity index (χ4n) is 4.08. The lowest BCUT2D eigenvalue weighted by atomic mass is 9.68. The number of carbonyl (C=O) groups is 1. The molecule has 12 heteroatoms. The molecule has 0 bridgehead atoms. The van der Waals surface area contributed by atoms with Gasteiger partial charge in [-0.25, -0.2) is 4.98 Å². The van der Waals surface area contributed by atoms with E-state index in [2.05, 4.69) is 9.72 Å². The van der Waals surface area contributed by atoms with E-state index in [-0.39, 0.29) is 24.6 Å². The Bertz CT molecular complexity index is 804. The van der Waals surface area contributed by atoms with Crippen molar-refractivity contribution in [3.05, 3.63) is 18.3 Å². The average Bonchev–Trinajstić information content (AvgIpc) is 3.00. The van der Waals surface area contributed by atoms with Gasteiger partial charge in [0, 0.05) is 12.6 Å². The highest BCUT2D eigenvalue weighted by molar-refractivity contribution is 5.99. The zero-order valence-corrected chi connectivity index (χ0v) is 17.3. The molecular weight excluding hydrogens is 446 g/mol. The third kappa shape index (κ3) is 5.64. The van der Waals surface area contributed by atoms with E-state index in [4.69, 9.17) is 4.74 Å². The Balaban J connectivity index is 1.58. The monoisotopic (exact) mass is 470 g/mol. The van der Waals surface area contributed by atoms with E-state index in [9.17, 15) is 36.2 Å². The number of ether oxygens (including phenoxy) is 2. The third-order valence-electron chi connectivity index (χ3n) is 6.08. The van der Waals surface area contributed by atoms with Crippen molar-refractivity contribution in [2.75, 3.05) is 24.7 Å². The summed E-state index contributed by atoms with van der Waals surface area (Å²) >= 11 is 0. The van der Waals surface area contributed by atoms with E-state index >= 15 is 0 Å². The van der Waals surface area contributed by atoms with Crippen LogP contribution in [-0.4, -0.2) is 59.8 Å². The number of amides is 1. The van der Waals surface area contributed by atoms with Gasteiger partial charge in [0.05, 0.1) is 29.5 Å². The van der Waals surface area contributed by atoms with Gasteiger partial charge >= 0.3 is 12.4 Å². The van der Waals surface area contributed by atoms with Crippen LogP contribution in [0.1, 0.15) is 39.0 Å². The number of aromatic nitrogens is 1. The molecule has 1 aliphatic carbocycles. The predicted octanol–water partition coefficient (Wildman–Crippen LogP) is 4.02. The lowest BCUT2D eigenvalue weighted by Crippen LogP contribution is -2.46. The van der Waals surface area contributed by atoms with Crippen LogP contribution in [0.3, 0.4) is 0 Å². The van der Waals surface area contributed by atoms with Gasteiger partial charge in [-0.1, -0.05) is 0 Å². The molecule has 1 saturated carbocycles. The van der Waals surface area contributed by atoms with Crippen LogP contribution >= 0.6 is 0 Å². The molecular formula is C20H24F6N2O4. The second-order valence-electron chi connectivity index (χ2n) is 8.48. The predicted molar refractivity (Wildman–Crippen MR) is 100 cm³/mol. The molecule has 180 valence electrons. The number of anilines is 1. The number of hydrogen-bond donors (Lipinski definition) is 1. The quantitative estimate of drug-likeness (QED) is 0.636. The van der Waals surface area contributed by atoms with Crippen molar-refractivity contribution in [2.24, 2.45) is 5.41 Å². The zero-order valence-electron chi connectivity index (χ0n) is 17.3. The van der Waals surface area contributed by atoms with Crippen molar-refractivity contribution in [2.45, 2.75) is 63.1 Å². The SMILES string of the molecule is C[C@@H](Oc1ccc(N2CC[C@]3(CC[C@@](O)(COCC(F)(F)F)CC3)C2=O)cn1)C(F)(F)F. The van der Waals surface area contributed by atoms with Gasteiger partial charge in [0.1, 0.15) is 6.61 Å². The average molecular weight is 470 g/mol. The molecule has 1 N–H and O–H groups in total. The summed E-state index contributed by atoms with van der Waals surface area (Å²) in [6, 6.07) is 2.71. The van der Waals surface area contributed by atoms with Gasteiger partial charge < -0.3 is 19.5 Å². The van der Waals surface area contributed by atoms with Crippen LogP contribution in [0, 0.1) is 5.41 Å². The molecule has 2 heterocycles. The Morgan fingerprint density at radius 3 is 2.31 bits per heavy atom. The van der Waals surface area contributed by atoms with Gasteiger partial charge in [0.15, 0.2) is 6.10 Å². The van der Waals surface area contributed by atoms with Crippen LogP contribution in [0.4, 0.5) is 32.0 Å². The maximum atomic E-state index is 13.1. The molecule has 1 aromatic heterocycles.